The number of rotatable bonds is 4. The summed E-state index contributed by atoms with van der Waals surface area (Å²) in [5.74, 6) is 0.371. The van der Waals surface area contributed by atoms with Crippen molar-refractivity contribution in [2.75, 3.05) is 4.90 Å². The molecule has 0 aliphatic rings. The summed E-state index contributed by atoms with van der Waals surface area (Å²) in [6.07, 6.45) is 1.79. The van der Waals surface area contributed by atoms with Crippen molar-refractivity contribution in [2.24, 2.45) is 11.5 Å². The van der Waals surface area contributed by atoms with Crippen LogP contribution in [0.15, 0.2) is 30.5 Å². The third kappa shape index (κ3) is 2.97. The van der Waals surface area contributed by atoms with Gasteiger partial charge in [0.25, 0.3) is 0 Å². The van der Waals surface area contributed by atoms with E-state index in [0.717, 1.165) is 10.4 Å². The second-order valence-corrected chi connectivity index (χ2v) is 5.78. The highest BCUT2D eigenvalue weighted by molar-refractivity contribution is 7.15. The topological polar surface area (TPSA) is 85.2 Å². The number of aromatic nitrogens is 1. The second kappa shape index (κ2) is 6.02. The van der Waals surface area contributed by atoms with Gasteiger partial charge in [0, 0.05) is 17.6 Å². The van der Waals surface area contributed by atoms with Crippen LogP contribution in [0.1, 0.15) is 30.2 Å². The zero-order valence-corrected chi connectivity index (χ0v) is 12.4. The van der Waals surface area contributed by atoms with Crippen molar-refractivity contribution in [3.8, 4) is 0 Å². The van der Waals surface area contributed by atoms with Crippen LogP contribution in [0.3, 0.4) is 0 Å². The molecule has 0 radical (unpaired) electrons. The number of hydrogen-bond acceptors (Lipinski definition) is 4. The number of benzene rings is 1. The normalized spacial score (nSPS) is 10.8. The van der Waals surface area contributed by atoms with Crippen LogP contribution in [0.2, 0.25) is 0 Å². The number of hydrogen-bond donors (Lipinski definition) is 2. The third-order valence-electron chi connectivity index (χ3n) is 2.92. The fraction of sp³-hybridized carbons (Fsp3) is 0.286. The zero-order chi connectivity index (χ0) is 14.7. The van der Waals surface area contributed by atoms with Gasteiger partial charge in [0.2, 0.25) is 0 Å². The molecule has 0 atom stereocenters. The van der Waals surface area contributed by atoms with E-state index in [2.05, 4.69) is 18.8 Å². The Kier molecular flexibility index (Phi) is 4.36. The second-order valence-electron chi connectivity index (χ2n) is 4.74. The highest BCUT2D eigenvalue weighted by Gasteiger charge is 2.19. The molecule has 1 heterocycles. The molecule has 2 rings (SSSR count). The summed E-state index contributed by atoms with van der Waals surface area (Å²) in [4.78, 5) is 18.6. The van der Waals surface area contributed by atoms with E-state index in [9.17, 15) is 4.79 Å². The average Bonchev–Trinajstić information content (AvgIpc) is 2.89. The van der Waals surface area contributed by atoms with E-state index in [1.165, 1.54) is 16.2 Å². The molecule has 0 saturated heterocycles. The fourth-order valence-electron chi connectivity index (χ4n) is 1.76. The number of carbonyl (C=O) groups excluding carboxylic acids is 1. The Morgan fingerprint density at radius 2 is 2.00 bits per heavy atom. The van der Waals surface area contributed by atoms with E-state index in [1.54, 1.807) is 6.20 Å². The fourth-order valence-corrected chi connectivity index (χ4v) is 2.70. The molecule has 0 unspecified atom stereocenters. The number of amides is 2. The highest BCUT2D eigenvalue weighted by Crippen LogP contribution is 2.32. The number of carbonyl (C=O) groups is 1. The molecule has 5 nitrogen and oxygen atoms in total. The van der Waals surface area contributed by atoms with Gasteiger partial charge < -0.3 is 11.5 Å². The molecule has 0 saturated carbocycles. The summed E-state index contributed by atoms with van der Waals surface area (Å²) in [7, 11) is 0. The van der Waals surface area contributed by atoms with E-state index in [0.29, 0.717) is 23.3 Å². The summed E-state index contributed by atoms with van der Waals surface area (Å²) >= 11 is 1.47. The summed E-state index contributed by atoms with van der Waals surface area (Å²) in [6, 6.07) is 6.85. The number of primary amides is 1. The molecule has 0 fully saturated rings. The first-order valence-corrected chi connectivity index (χ1v) is 7.19. The van der Waals surface area contributed by atoms with Crippen molar-refractivity contribution < 1.29 is 4.79 Å². The van der Waals surface area contributed by atoms with Gasteiger partial charge in [0.1, 0.15) is 0 Å². The molecule has 6 heteroatoms. The molecule has 0 spiro atoms. The van der Waals surface area contributed by atoms with Crippen molar-refractivity contribution in [3.05, 3.63) is 40.9 Å². The molecule has 4 N–H and O–H groups in total. The number of thiazole rings is 1. The molecule has 1 aromatic heterocycles. The van der Waals surface area contributed by atoms with E-state index in [4.69, 9.17) is 11.5 Å². The standard InChI is InChI=1S/C14H18N4OS/c1-9(2)12-8-17-14(20-12)18(13(16)19)11-5-3-10(7-15)4-6-11/h3-6,8-9H,7,15H2,1-2H3,(H2,16,19). The van der Waals surface area contributed by atoms with Gasteiger partial charge >= 0.3 is 6.03 Å². The SMILES string of the molecule is CC(C)c1cnc(N(C(N)=O)c2ccc(CN)cc2)s1. The summed E-state index contributed by atoms with van der Waals surface area (Å²) in [6.45, 7) is 4.63. The average molecular weight is 290 g/mol. The zero-order valence-electron chi connectivity index (χ0n) is 11.5. The molecule has 0 aliphatic carbocycles. The first-order chi connectivity index (χ1) is 9.52. The molecular weight excluding hydrogens is 272 g/mol. The van der Waals surface area contributed by atoms with E-state index in [1.807, 2.05) is 24.3 Å². The summed E-state index contributed by atoms with van der Waals surface area (Å²) < 4.78 is 0. The largest absolute Gasteiger partial charge is 0.351 e. The van der Waals surface area contributed by atoms with Gasteiger partial charge in [-0.25, -0.2) is 14.7 Å². The summed E-state index contributed by atoms with van der Waals surface area (Å²) in [5, 5.41) is 0.585. The quantitative estimate of drug-likeness (QED) is 0.907. The summed E-state index contributed by atoms with van der Waals surface area (Å²) in [5.41, 5.74) is 12.7. The molecule has 0 aliphatic heterocycles. The minimum Gasteiger partial charge on any atom is -0.351 e. The van der Waals surface area contributed by atoms with Crippen LogP contribution in [-0.2, 0) is 6.54 Å². The Bertz CT molecular complexity index is 591. The Morgan fingerprint density at radius 3 is 2.45 bits per heavy atom. The molecular formula is C14H18N4OS. The van der Waals surface area contributed by atoms with E-state index in [-0.39, 0.29) is 0 Å². The lowest BCUT2D eigenvalue weighted by Crippen LogP contribution is -2.31. The van der Waals surface area contributed by atoms with Gasteiger partial charge in [-0.15, -0.1) is 11.3 Å². The minimum atomic E-state index is -0.546. The van der Waals surface area contributed by atoms with Crippen LogP contribution in [0.25, 0.3) is 0 Å². The van der Waals surface area contributed by atoms with Crippen LogP contribution in [0, 0.1) is 0 Å². The predicted octanol–water partition coefficient (Wildman–Crippen LogP) is 2.94. The van der Waals surface area contributed by atoms with E-state index < -0.39 is 6.03 Å². The molecule has 2 aromatic rings. The molecule has 0 bridgehead atoms. The van der Waals surface area contributed by atoms with Crippen molar-refractivity contribution in [2.45, 2.75) is 26.3 Å². The maximum Gasteiger partial charge on any atom is 0.325 e. The van der Waals surface area contributed by atoms with Crippen molar-refractivity contribution in [3.63, 3.8) is 0 Å². The lowest BCUT2D eigenvalue weighted by atomic mass is 10.2. The van der Waals surface area contributed by atoms with Gasteiger partial charge in [-0.3, -0.25) is 0 Å². The van der Waals surface area contributed by atoms with Gasteiger partial charge in [-0.2, -0.15) is 0 Å². The Morgan fingerprint density at radius 1 is 1.35 bits per heavy atom. The van der Waals surface area contributed by atoms with Crippen LogP contribution >= 0.6 is 11.3 Å². The van der Waals surface area contributed by atoms with Crippen LogP contribution in [-0.4, -0.2) is 11.0 Å². The minimum absolute atomic E-state index is 0.371. The maximum atomic E-state index is 11.7. The van der Waals surface area contributed by atoms with Crippen molar-refractivity contribution in [1.82, 2.24) is 4.98 Å². The number of nitrogens with zero attached hydrogens (tertiary/aromatic N) is 2. The van der Waals surface area contributed by atoms with Crippen molar-refractivity contribution >= 4 is 28.2 Å². The molecule has 106 valence electrons. The van der Waals surface area contributed by atoms with Gasteiger partial charge in [-0.05, 0) is 23.6 Å². The lowest BCUT2D eigenvalue weighted by Gasteiger charge is -2.17. The number of urea groups is 1. The van der Waals surface area contributed by atoms with Crippen LogP contribution < -0.4 is 16.4 Å². The smallest absolute Gasteiger partial charge is 0.325 e. The third-order valence-corrected chi connectivity index (χ3v) is 4.21. The number of anilines is 2. The van der Waals surface area contributed by atoms with Gasteiger partial charge in [0.15, 0.2) is 5.13 Å². The number of nitrogens with two attached hydrogens (primary N) is 2. The Hall–Kier alpha value is -1.92. The van der Waals surface area contributed by atoms with Crippen LogP contribution in [0.5, 0.6) is 0 Å². The molecule has 20 heavy (non-hydrogen) atoms. The Balaban J connectivity index is 2.36. The van der Waals surface area contributed by atoms with Gasteiger partial charge in [0.05, 0.1) is 5.69 Å². The first-order valence-electron chi connectivity index (χ1n) is 6.37. The van der Waals surface area contributed by atoms with Crippen LogP contribution in [0.4, 0.5) is 15.6 Å². The highest BCUT2D eigenvalue weighted by atomic mass is 32.1. The molecule has 1 aromatic carbocycles. The van der Waals surface area contributed by atoms with Gasteiger partial charge in [-0.1, -0.05) is 26.0 Å². The first kappa shape index (κ1) is 14.5. The Labute approximate surface area is 122 Å². The maximum absolute atomic E-state index is 11.7. The van der Waals surface area contributed by atoms with Crippen molar-refractivity contribution in [1.29, 1.82) is 0 Å². The van der Waals surface area contributed by atoms with E-state index >= 15 is 0 Å². The monoisotopic (exact) mass is 290 g/mol. The predicted molar refractivity (Wildman–Crippen MR) is 82.3 cm³/mol. The molecule has 2 amide bonds. The lowest BCUT2D eigenvalue weighted by molar-refractivity contribution is 0.256.